The molecule has 0 aliphatic carbocycles. The van der Waals surface area contributed by atoms with Crippen molar-refractivity contribution < 1.29 is 14.7 Å². The maximum absolute atomic E-state index is 12.2. The molecular weight excluding hydrogens is 268 g/mol. The Bertz CT molecular complexity index is 369. The average Bonchev–Trinajstić information content (AvgIpc) is 2.36. The highest BCUT2D eigenvalue weighted by atomic mass is 16.4. The van der Waals surface area contributed by atoms with Crippen molar-refractivity contribution in [1.82, 2.24) is 10.2 Å². The van der Waals surface area contributed by atoms with Gasteiger partial charge in [0.2, 0.25) is 0 Å². The minimum absolute atomic E-state index is 0.0171. The quantitative estimate of drug-likeness (QED) is 0.791. The molecule has 5 heteroatoms. The van der Waals surface area contributed by atoms with Crippen molar-refractivity contribution in [2.24, 2.45) is 11.3 Å². The number of carboxylic acids is 1. The number of nitrogens with one attached hydrogen (secondary N) is 1. The fraction of sp³-hybridized carbons (Fsp3) is 0.875. The van der Waals surface area contributed by atoms with Crippen LogP contribution >= 0.6 is 0 Å². The van der Waals surface area contributed by atoms with Crippen molar-refractivity contribution in [2.75, 3.05) is 13.1 Å². The van der Waals surface area contributed by atoms with Crippen LogP contribution in [0.1, 0.15) is 59.8 Å². The van der Waals surface area contributed by atoms with Crippen LogP contribution in [0.3, 0.4) is 0 Å². The Hall–Kier alpha value is -1.26. The summed E-state index contributed by atoms with van der Waals surface area (Å²) < 4.78 is 0. The number of urea groups is 1. The van der Waals surface area contributed by atoms with Crippen molar-refractivity contribution in [1.29, 1.82) is 0 Å². The van der Waals surface area contributed by atoms with Gasteiger partial charge in [-0.25, -0.2) is 4.79 Å². The summed E-state index contributed by atoms with van der Waals surface area (Å²) in [5.41, 5.74) is -0.0618. The zero-order chi connectivity index (χ0) is 16.0. The Morgan fingerprint density at radius 3 is 2.52 bits per heavy atom. The molecule has 21 heavy (non-hydrogen) atoms. The highest BCUT2D eigenvalue weighted by Crippen LogP contribution is 2.26. The van der Waals surface area contributed by atoms with Crippen molar-refractivity contribution >= 4 is 12.0 Å². The van der Waals surface area contributed by atoms with E-state index in [0.29, 0.717) is 24.9 Å². The minimum atomic E-state index is -0.761. The van der Waals surface area contributed by atoms with Crippen LogP contribution in [0.25, 0.3) is 0 Å². The Kier molecular flexibility index (Phi) is 6.49. The van der Waals surface area contributed by atoms with Crippen molar-refractivity contribution in [2.45, 2.75) is 65.8 Å². The number of carbonyl (C=O) groups excluding carboxylic acids is 1. The molecule has 1 aliphatic rings. The van der Waals surface area contributed by atoms with Crippen LogP contribution in [0.15, 0.2) is 0 Å². The fourth-order valence-electron chi connectivity index (χ4n) is 2.89. The molecule has 1 saturated heterocycles. The number of piperidine rings is 1. The van der Waals surface area contributed by atoms with E-state index < -0.39 is 5.97 Å². The van der Waals surface area contributed by atoms with Gasteiger partial charge in [-0.2, -0.15) is 0 Å². The Balaban J connectivity index is 2.31. The van der Waals surface area contributed by atoms with E-state index in [0.717, 1.165) is 25.8 Å². The van der Waals surface area contributed by atoms with Crippen LogP contribution in [-0.2, 0) is 4.79 Å². The van der Waals surface area contributed by atoms with Gasteiger partial charge in [0.15, 0.2) is 0 Å². The number of aliphatic carboxylic acids is 1. The number of carboxylic acid groups (broad SMARTS) is 1. The Morgan fingerprint density at radius 1 is 1.29 bits per heavy atom. The van der Waals surface area contributed by atoms with E-state index in [4.69, 9.17) is 5.11 Å². The fourth-order valence-corrected chi connectivity index (χ4v) is 2.89. The number of hydrogen-bond acceptors (Lipinski definition) is 2. The third-order valence-corrected chi connectivity index (χ3v) is 4.49. The molecule has 1 fully saturated rings. The highest BCUT2D eigenvalue weighted by Gasteiger charge is 2.27. The van der Waals surface area contributed by atoms with Crippen LogP contribution in [0.4, 0.5) is 4.79 Å². The number of hydrogen-bond donors (Lipinski definition) is 2. The summed E-state index contributed by atoms with van der Waals surface area (Å²) in [4.78, 5) is 24.7. The molecule has 0 aromatic heterocycles. The molecule has 5 nitrogen and oxygen atoms in total. The summed E-state index contributed by atoms with van der Waals surface area (Å²) >= 11 is 0. The second-order valence-electron chi connectivity index (χ2n) is 7.21. The van der Waals surface area contributed by atoms with Crippen LogP contribution in [-0.4, -0.2) is 41.1 Å². The molecule has 2 unspecified atom stereocenters. The van der Waals surface area contributed by atoms with E-state index in [1.807, 2.05) is 18.7 Å². The van der Waals surface area contributed by atoms with Gasteiger partial charge in [0.25, 0.3) is 0 Å². The first-order valence-electron chi connectivity index (χ1n) is 7.97. The molecule has 0 bridgehead atoms. The van der Waals surface area contributed by atoms with E-state index >= 15 is 0 Å². The van der Waals surface area contributed by atoms with Gasteiger partial charge in [0.1, 0.15) is 0 Å². The molecule has 1 aliphatic heterocycles. The molecule has 1 rings (SSSR count). The molecular formula is C16H30N2O3. The van der Waals surface area contributed by atoms with E-state index in [1.54, 1.807) is 0 Å². The summed E-state index contributed by atoms with van der Waals surface area (Å²) in [6, 6.07) is 0.317. The number of amides is 2. The topological polar surface area (TPSA) is 69.6 Å². The van der Waals surface area contributed by atoms with Gasteiger partial charge in [0.05, 0.1) is 0 Å². The Morgan fingerprint density at radius 2 is 1.95 bits per heavy atom. The second-order valence-corrected chi connectivity index (χ2v) is 7.21. The predicted molar refractivity (Wildman–Crippen MR) is 83.2 cm³/mol. The maximum atomic E-state index is 12.2. The molecule has 122 valence electrons. The number of nitrogens with zero attached hydrogens (tertiary/aromatic N) is 1. The van der Waals surface area contributed by atoms with Gasteiger partial charge >= 0.3 is 12.0 Å². The summed E-state index contributed by atoms with van der Waals surface area (Å²) in [5.74, 6) is -0.0672. The number of carbonyl (C=O) groups is 2. The molecule has 0 spiro atoms. The summed E-state index contributed by atoms with van der Waals surface area (Å²) in [6.45, 7) is 9.87. The van der Waals surface area contributed by atoms with Gasteiger partial charge in [-0.1, -0.05) is 20.8 Å². The standard InChI is InChI=1S/C16H30N2O3/c1-12-6-10-18(13(2)11-12)15(21)17-9-8-16(3,4)7-5-14(19)20/h12-13H,5-11H2,1-4H3,(H,17,21)(H,19,20). The van der Waals surface area contributed by atoms with E-state index in [1.165, 1.54) is 0 Å². The van der Waals surface area contributed by atoms with E-state index in [9.17, 15) is 9.59 Å². The zero-order valence-corrected chi connectivity index (χ0v) is 13.8. The van der Waals surface area contributed by atoms with Gasteiger partial charge in [-0.15, -0.1) is 0 Å². The summed E-state index contributed by atoms with van der Waals surface area (Å²) in [7, 11) is 0. The summed E-state index contributed by atoms with van der Waals surface area (Å²) in [5, 5.41) is 11.7. The lowest BCUT2D eigenvalue weighted by Crippen LogP contribution is -2.49. The van der Waals surface area contributed by atoms with Crippen molar-refractivity contribution in [3.05, 3.63) is 0 Å². The monoisotopic (exact) mass is 298 g/mol. The van der Waals surface area contributed by atoms with E-state index in [-0.39, 0.29) is 17.9 Å². The summed E-state index contributed by atoms with van der Waals surface area (Å²) in [6.07, 6.45) is 3.75. The highest BCUT2D eigenvalue weighted by molar-refractivity contribution is 5.74. The smallest absolute Gasteiger partial charge is 0.317 e. The lowest BCUT2D eigenvalue weighted by Gasteiger charge is -2.36. The van der Waals surface area contributed by atoms with Crippen LogP contribution in [0, 0.1) is 11.3 Å². The molecule has 0 radical (unpaired) electrons. The predicted octanol–water partition coefficient (Wildman–Crippen LogP) is 3.10. The van der Waals surface area contributed by atoms with Gasteiger partial charge in [-0.3, -0.25) is 4.79 Å². The average molecular weight is 298 g/mol. The SMILES string of the molecule is CC1CCN(C(=O)NCCC(C)(C)CCC(=O)O)C(C)C1. The van der Waals surface area contributed by atoms with Crippen LogP contribution in [0.2, 0.25) is 0 Å². The van der Waals surface area contributed by atoms with Gasteiger partial charge in [0, 0.05) is 25.6 Å². The van der Waals surface area contributed by atoms with Crippen molar-refractivity contribution in [3.8, 4) is 0 Å². The van der Waals surface area contributed by atoms with Gasteiger partial charge < -0.3 is 15.3 Å². The van der Waals surface area contributed by atoms with Crippen LogP contribution in [0.5, 0.6) is 0 Å². The molecule has 2 amide bonds. The molecule has 0 aromatic rings. The van der Waals surface area contributed by atoms with Gasteiger partial charge in [-0.05, 0) is 43.9 Å². The number of likely N-dealkylation sites (tertiary alicyclic amines) is 1. The lowest BCUT2D eigenvalue weighted by atomic mass is 9.84. The molecule has 2 atom stereocenters. The second kappa shape index (κ2) is 7.66. The van der Waals surface area contributed by atoms with Crippen LogP contribution < -0.4 is 5.32 Å². The lowest BCUT2D eigenvalue weighted by molar-refractivity contribution is -0.137. The third-order valence-electron chi connectivity index (χ3n) is 4.49. The molecule has 2 N–H and O–H groups in total. The first kappa shape index (κ1) is 17.8. The van der Waals surface area contributed by atoms with Crippen molar-refractivity contribution in [3.63, 3.8) is 0 Å². The molecule has 0 aromatic carbocycles. The molecule has 0 saturated carbocycles. The molecule has 1 heterocycles. The normalized spacial score (nSPS) is 23.0. The zero-order valence-electron chi connectivity index (χ0n) is 13.8. The maximum Gasteiger partial charge on any atom is 0.317 e. The first-order valence-corrected chi connectivity index (χ1v) is 7.97. The largest absolute Gasteiger partial charge is 0.481 e. The minimum Gasteiger partial charge on any atom is -0.481 e. The third kappa shape index (κ3) is 6.36. The Labute approximate surface area is 128 Å². The number of rotatable bonds is 6. The first-order chi connectivity index (χ1) is 9.71. The van der Waals surface area contributed by atoms with E-state index in [2.05, 4.69) is 19.2 Å².